The number of halogens is 1. The van der Waals surface area contributed by atoms with Gasteiger partial charge in [-0.2, -0.15) is 0 Å². The van der Waals surface area contributed by atoms with E-state index in [1.54, 1.807) is 7.11 Å². The molecule has 0 saturated heterocycles. The van der Waals surface area contributed by atoms with Crippen LogP contribution in [0.5, 0.6) is 5.75 Å². The van der Waals surface area contributed by atoms with Gasteiger partial charge in [-0.3, -0.25) is 4.99 Å². The van der Waals surface area contributed by atoms with Crippen molar-refractivity contribution < 1.29 is 9.47 Å². The molecule has 0 fully saturated rings. The average Bonchev–Trinajstić information content (AvgIpc) is 2.39. The number of nitrogens with zero attached hydrogens (tertiary/aromatic N) is 1. The molecule has 6 heteroatoms. The summed E-state index contributed by atoms with van der Waals surface area (Å²) in [6.45, 7) is 3.87. The Bertz CT molecular complexity index is 374. The fraction of sp³-hybridized carbons (Fsp3) is 0.500. The molecule has 0 aliphatic rings. The number of benzene rings is 1. The van der Waals surface area contributed by atoms with Crippen LogP contribution in [0, 0.1) is 0 Å². The fourth-order valence-electron chi connectivity index (χ4n) is 1.56. The zero-order valence-electron chi connectivity index (χ0n) is 12.0. The van der Waals surface area contributed by atoms with Gasteiger partial charge in [0.1, 0.15) is 5.75 Å². The van der Waals surface area contributed by atoms with Gasteiger partial charge in [0.15, 0.2) is 5.96 Å². The molecule has 114 valence electrons. The fourth-order valence-corrected chi connectivity index (χ4v) is 1.56. The number of nitrogens with one attached hydrogen (secondary N) is 1. The molecule has 1 unspecified atom stereocenters. The lowest BCUT2D eigenvalue weighted by molar-refractivity contribution is 0.179. The van der Waals surface area contributed by atoms with Crippen LogP contribution >= 0.6 is 24.0 Å². The Kier molecular flexibility index (Phi) is 11.2. The van der Waals surface area contributed by atoms with E-state index in [4.69, 9.17) is 15.2 Å². The second-order valence-electron chi connectivity index (χ2n) is 4.28. The molecular formula is C14H24IN3O2. The summed E-state index contributed by atoms with van der Waals surface area (Å²) in [4.78, 5) is 4.23. The highest BCUT2D eigenvalue weighted by atomic mass is 127. The summed E-state index contributed by atoms with van der Waals surface area (Å²) in [5, 5.41) is 3.05. The lowest BCUT2D eigenvalue weighted by Crippen LogP contribution is -2.40. The van der Waals surface area contributed by atoms with Crippen molar-refractivity contribution in [3.8, 4) is 5.75 Å². The second kappa shape index (κ2) is 11.8. The summed E-state index contributed by atoms with van der Waals surface area (Å²) in [5.41, 5.74) is 5.74. The van der Waals surface area contributed by atoms with Crippen molar-refractivity contribution in [2.45, 2.75) is 19.4 Å². The molecule has 0 amide bonds. The Hall–Kier alpha value is -1.02. The zero-order valence-corrected chi connectivity index (χ0v) is 14.4. The number of hydrogen-bond donors (Lipinski definition) is 2. The van der Waals surface area contributed by atoms with Crippen LogP contribution in [0.3, 0.4) is 0 Å². The minimum Gasteiger partial charge on any atom is -0.494 e. The molecule has 1 aromatic carbocycles. The monoisotopic (exact) mass is 393 g/mol. The molecule has 0 heterocycles. The highest BCUT2D eigenvalue weighted by Crippen LogP contribution is 2.08. The summed E-state index contributed by atoms with van der Waals surface area (Å²) in [6.07, 6.45) is 0.829. The predicted octanol–water partition coefficient (Wildman–Crippen LogP) is 2.01. The zero-order chi connectivity index (χ0) is 13.9. The average molecular weight is 393 g/mol. The molecule has 0 aliphatic heterocycles. The maximum Gasteiger partial charge on any atom is 0.188 e. The Morgan fingerprint density at radius 2 is 2.05 bits per heavy atom. The first kappa shape index (κ1) is 19.0. The van der Waals surface area contributed by atoms with Crippen LogP contribution in [0.2, 0.25) is 0 Å². The first-order chi connectivity index (χ1) is 9.22. The number of aliphatic imine (C=N–C) groups is 1. The molecule has 0 spiro atoms. The number of nitrogens with two attached hydrogens (primary N) is 1. The van der Waals surface area contributed by atoms with Gasteiger partial charge in [0.25, 0.3) is 0 Å². The second-order valence-corrected chi connectivity index (χ2v) is 4.28. The van der Waals surface area contributed by atoms with Crippen molar-refractivity contribution in [1.29, 1.82) is 0 Å². The summed E-state index contributed by atoms with van der Waals surface area (Å²) in [7, 11) is 1.66. The lowest BCUT2D eigenvalue weighted by Gasteiger charge is -2.13. The van der Waals surface area contributed by atoms with Gasteiger partial charge in [0, 0.05) is 26.1 Å². The molecule has 0 aromatic heterocycles. The van der Waals surface area contributed by atoms with Crippen LogP contribution in [0.4, 0.5) is 0 Å². The van der Waals surface area contributed by atoms with E-state index in [1.807, 2.05) is 37.3 Å². The predicted molar refractivity (Wildman–Crippen MR) is 92.9 cm³/mol. The minimum absolute atomic E-state index is 0. The van der Waals surface area contributed by atoms with Crippen molar-refractivity contribution in [3.05, 3.63) is 30.3 Å². The van der Waals surface area contributed by atoms with E-state index in [-0.39, 0.29) is 30.0 Å². The Morgan fingerprint density at radius 3 is 2.70 bits per heavy atom. The van der Waals surface area contributed by atoms with Crippen LogP contribution in [0.25, 0.3) is 0 Å². The van der Waals surface area contributed by atoms with E-state index >= 15 is 0 Å². The van der Waals surface area contributed by atoms with E-state index < -0.39 is 0 Å². The number of ether oxygens (including phenoxy) is 2. The van der Waals surface area contributed by atoms with Gasteiger partial charge >= 0.3 is 0 Å². The third kappa shape index (κ3) is 8.98. The number of guanidine groups is 1. The van der Waals surface area contributed by atoms with Crippen LogP contribution in [0.15, 0.2) is 35.3 Å². The van der Waals surface area contributed by atoms with Crippen molar-refractivity contribution >= 4 is 29.9 Å². The highest BCUT2D eigenvalue weighted by molar-refractivity contribution is 14.0. The Balaban J connectivity index is 0.00000361. The summed E-state index contributed by atoms with van der Waals surface area (Å²) in [6, 6.07) is 9.90. The lowest BCUT2D eigenvalue weighted by atomic mass is 10.3. The molecule has 3 N–H and O–H groups in total. The van der Waals surface area contributed by atoms with Gasteiger partial charge in [0.05, 0.1) is 13.2 Å². The van der Waals surface area contributed by atoms with Gasteiger partial charge in [-0.1, -0.05) is 18.2 Å². The summed E-state index contributed by atoms with van der Waals surface area (Å²) < 4.78 is 10.6. The van der Waals surface area contributed by atoms with E-state index in [9.17, 15) is 0 Å². The molecule has 20 heavy (non-hydrogen) atoms. The van der Waals surface area contributed by atoms with Gasteiger partial charge in [-0.25, -0.2) is 0 Å². The van der Waals surface area contributed by atoms with Crippen molar-refractivity contribution in [1.82, 2.24) is 5.32 Å². The smallest absolute Gasteiger partial charge is 0.188 e. The highest BCUT2D eigenvalue weighted by Gasteiger charge is 2.00. The third-order valence-corrected chi connectivity index (χ3v) is 2.41. The van der Waals surface area contributed by atoms with Crippen LogP contribution in [0.1, 0.15) is 13.3 Å². The maximum absolute atomic E-state index is 5.74. The topological polar surface area (TPSA) is 68.9 Å². The summed E-state index contributed by atoms with van der Waals surface area (Å²) >= 11 is 0. The molecule has 0 saturated carbocycles. The normalized spacial score (nSPS) is 12.4. The first-order valence-electron chi connectivity index (χ1n) is 6.45. The number of rotatable bonds is 8. The summed E-state index contributed by atoms with van der Waals surface area (Å²) in [5.74, 6) is 1.33. The quantitative estimate of drug-likeness (QED) is 0.307. The van der Waals surface area contributed by atoms with Crippen molar-refractivity contribution in [3.63, 3.8) is 0 Å². The van der Waals surface area contributed by atoms with Crippen LogP contribution in [-0.2, 0) is 4.74 Å². The van der Waals surface area contributed by atoms with Gasteiger partial charge in [0.2, 0.25) is 0 Å². The Labute approximate surface area is 138 Å². The maximum atomic E-state index is 5.74. The Morgan fingerprint density at radius 1 is 1.35 bits per heavy atom. The standard InChI is InChI=1S/C14H23N3O2.HI/c1-12(11-18-2)17-14(15)16-9-6-10-19-13-7-4-3-5-8-13;/h3-5,7-8,12H,6,9-11H2,1-2H3,(H3,15,16,17);1H. The SMILES string of the molecule is COCC(C)NC(N)=NCCCOc1ccccc1.I. The molecule has 1 rings (SSSR count). The van der Waals surface area contributed by atoms with E-state index in [0.717, 1.165) is 12.2 Å². The molecule has 1 aromatic rings. The molecule has 1 atom stereocenters. The van der Waals surface area contributed by atoms with Gasteiger partial charge < -0.3 is 20.5 Å². The van der Waals surface area contributed by atoms with E-state index in [1.165, 1.54) is 0 Å². The minimum atomic E-state index is 0. The van der Waals surface area contributed by atoms with Crippen molar-refractivity contribution in [2.24, 2.45) is 10.7 Å². The molecule has 5 nitrogen and oxygen atoms in total. The van der Waals surface area contributed by atoms with Gasteiger partial charge in [-0.05, 0) is 19.1 Å². The van der Waals surface area contributed by atoms with Gasteiger partial charge in [-0.15, -0.1) is 24.0 Å². The van der Waals surface area contributed by atoms with Crippen LogP contribution < -0.4 is 15.8 Å². The largest absolute Gasteiger partial charge is 0.494 e. The van der Waals surface area contributed by atoms with E-state index in [0.29, 0.717) is 25.7 Å². The first-order valence-corrected chi connectivity index (χ1v) is 6.45. The number of methoxy groups -OCH3 is 1. The number of para-hydroxylation sites is 1. The number of hydrogen-bond acceptors (Lipinski definition) is 3. The molecule has 0 bridgehead atoms. The molecule has 0 aliphatic carbocycles. The third-order valence-electron chi connectivity index (χ3n) is 2.41. The van der Waals surface area contributed by atoms with E-state index in [2.05, 4.69) is 10.3 Å². The van der Waals surface area contributed by atoms with Crippen molar-refractivity contribution in [2.75, 3.05) is 26.9 Å². The van der Waals surface area contributed by atoms with Crippen LogP contribution in [-0.4, -0.2) is 38.9 Å². The molecule has 0 radical (unpaired) electrons. The molecular weight excluding hydrogens is 369 g/mol.